The van der Waals surface area contributed by atoms with Crippen molar-refractivity contribution in [2.45, 2.75) is 36.5 Å². The minimum absolute atomic E-state index is 0.231. The summed E-state index contributed by atoms with van der Waals surface area (Å²) < 4.78 is 26.0. The van der Waals surface area contributed by atoms with Crippen molar-refractivity contribution in [3.05, 3.63) is 236 Å². The summed E-state index contributed by atoms with van der Waals surface area (Å²) in [7, 11) is 0. The molecule has 9 aromatic rings. The molecule has 0 atom stereocenters. The lowest BCUT2D eigenvalue weighted by Crippen LogP contribution is -2.29. The van der Waals surface area contributed by atoms with Crippen LogP contribution in [0.5, 0.6) is 23.0 Å². The summed E-state index contributed by atoms with van der Waals surface area (Å²) in [6.07, 6.45) is 7.62. The van der Waals surface area contributed by atoms with E-state index in [9.17, 15) is 0 Å². The molecule has 0 saturated heterocycles. The minimum atomic E-state index is -0.442. The maximum atomic E-state index is 5.98. The monoisotopic (exact) mass is 1190 g/mol. The lowest BCUT2D eigenvalue weighted by molar-refractivity contribution is 0.370. The van der Waals surface area contributed by atoms with Gasteiger partial charge in [-0.15, -0.1) is 0 Å². The first-order chi connectivity index (χ1) is 40.3. The van der Waals surface area contributed by atoms with Crippen molar-refractivity contribution < 1.29 is 18.9 Å². The zero-order valence-electron chi connectivity index (χ0n) is 44.6. The van der Waals surface area contributed by atoms with Gasteiger partial charge >= 0.3 is 0 Å². The van der Waals surface area contributed by atoms with Crippen LogP contribution in [-0.4, -0.2) is 38.9 Å². The molecule has 394 valence electrons. The fourth-order valence-corrected chi connectivity index (χ4v) is 12.2. The summed E-state index contributed by atoms with van der Waals surface area (Å²) >= 11 is 7.49. The Balaban J connectivity index is 0.881. The molecule has 2 aliphatic carbocycles. The Hall–Kier alpha value is -9.28. The molecule has 0 amide bonds. The van der Waals surface area contributed by atoms with E-state index in [2.05, 4.69) is 237 Å². The number of aliphatic imine (C=N–C) groups is 2. The Morgan fingerprint density at radius 1 is 0.341 bits per heavy atom. The molecule has 0 spiro atoms. The predicted molar refractivity (Wildman–Crippen MR) is 337 cm³/mol. The van der Waals surface area contributed by atoms with Gasteiger partial charge in [0, 0.05) is 54.5 Å². The summed E-state index contributed by atoms with van der Waals surface area (Å²) in [4.78, 5) is 11.3. The Morgan fingerprint density at radius 3 is 0.878 bits per heavy atom. The zero-order valence-corrected chi connectivity index (χ0v) is 47.7. The van der Waals surface area contributed by atoms with Crippen LogP contribution in [0.3, 0.4) is 0 Å². The molecule has 8 aliphatic rings. The van der Waals surface area contributed by atoms with Gasteiger partial charge in [0.1, 0.15) is 49.4 Å². The second-order valence-electron chi connectivity index (χ2n) is 20.8. The first-order valence-corrected chi connectivity index (χ1v) is 28.8. The molecule has 17 rings (SSSR count). The second-order valence-corrected chi connectivity index (χ2v) is 22.6. The largest absolute Gasteiger partial charge is 0.481 e. The highest BCUT2D eigenvalue weighted by Crippen LogP contribution is 2.48. The predicted octanol–water partition coefficient (Wildman–Crippen LogP) is 16.3. The molecule has 6 heterocycles. The number of fused-ring (bicyclic) bond motifs is 6. The van der Waals surface area contributed by atoms with Gasteiger partial charge in [0.15, 0.2) is 0 Å². The number of hydrogen-bond acceptors (Lipinski definition) is 6. The fraction of sp³-hybridized carbons (Fsp3) is 0.135. The van der Waals surface area contributed by atoms with E-state index < -0.39 is 10.8 Å². The number of para-hydroxylation sites is 2. The summed E-state index contributed by atoms with van der Waals surface area (Å²) in [6.45, 7) is 0.925. The van der Waals surface area contributed by atoms with E-state index in [1.807, 2.05) is 48.5 Å². The molecular formula is C74H50Br2N2O4. The Labute approximate surface area is 495 Å². The number of halogens is 2. The highest BCUT2D eigenvalue weighted by atomic mass is 79.9. The zero-order chi connectivity index (χ0) is 55.3. The van der Waals surface area contributed by atoms with Crippen molar-refractivity contribution >= 4 is 55.7 Å². The van der Waals surface area contributed by atoms with Crippen LogP contribution in [-0.2, 0) is 36.5 Å². The third-order valence-corrected chi connectivity index (χ3v) is 16.8. The van der Waals surface area contributed by atoms with Crippen LogP contribution in [0.2, 0.25) is 0 Å². The van der Waals surface area contributed by atoms with Crippen molar-refractivity contribution in [1.82, 2.24) is 0 Å². The second kappa shape index (κ2) is 23.1. The van der Waals surface area contributed by atoms with Gasteiger partial charge in [-0.05, 0) is 201 Å². The van der Waals surface area contributed by atoms with Gasteiger partial charge in [-0.2, -0.15) is 0 Å². The van der Waals surface area contributed by atoms with Gasteiger partial charge in [-0.25, -0.2) is 0 Å². The van der Waals surface area contributed by atoms with Gasteiger partial charge in [0.25, 0.3) is 0 Å². The van der Waals surface area contributed by atoms with Crippen LogP contribution in [0.25, 0.3) is 44.5 Å². The molecule has 82 heavy (non-hydrogen) atoms. The van der Waals surface area contributed by atoms with E-state index >= 15 is 0 Å². The summed E-state index contributed by atoms with van der Waals surface area (Å²) in [5, 5.41) is 0. The van der Waals surface area contributed by atoms with Crippen LogP contribution in [0.15, 0.2) is 213 Å². The van der Waals surface area contributed by atoms with Crippen molar-refractivity contribution in [3.63, 3.8) is 0 Å². The molecule has 0 N–H and O–H groups in total. The molecule has 6 aliphatic heterocycles. The standard InChI is InChI=1S/C74H50Br2N2O4/c75-61-27-23-59(24-28-61)73(49-77-71-67-11-9-12-68(71)52-17-33-64(34-18-52)80-40-6-2-1-5-39-79-63-31-15-51(67)16-32-63)45-55-43-57-47-74(48-58(57)44-56(55)46-73,60-25-29-62(76)30-26-60)50-78-72-69-13-10-14-70(72)54-21-37-66(38-22-54)82-42-8-4-3-7-41-81-65-35-19-53(69)20-36-65/h9-38,43-44,49-50H,39-42,45-48H2. The molecule has 0 radical (unpaired) electrons. The number of ether oxygens (including phenoxy) is 4. The Morgan fingerprint density at radius 2 is 0.610 bits per heavy atom. The van der Waals surface area contributed by atoms with Gasteiger partial charge in [0.2, 0.25) is 0 Å². The molecule has 0 aromatic heterocycles. The maximum Gasteiger partial charge on any atom is 0.150 e. The highest BCUT2D eigenvalue weighted by molar-refractivity contribution is 9.10. The maximum absolute atomic E-state index is 5.98. The van der Waals surface area contributed by atoms with E-state index in [-0.39, 0.29) is 26.4 Å². The van der Waals surface area contributed by atoms with Crippen molar-refractivity contribution in [1.29, 1.82) is 0 Å². The number of hydrogen-bond donors (Lipinski definition) is 0. The number of rotatable bonds is 6. The molecular weight excluding hydrogens is 1140 g/mol. The van der Waals surface area contributed by atoms with Crippen molar-refractivity contribution in [2.24, 2.45) is 9.98 Å². The molecule has 0 saturated carbocycles. The number of benzene rings is 9. The topological polar surface area (TPSA) is 61.6 Å². The molecule has 6 nitrogen and oxygen atoms in total. The average molecular weight is 1190 g/mol. The lowest BCUT2D eigenvalue weighted by atomic mass is 9.78. The van der Waals surface area contributed by atoms with Gasteiger partial charge in [-0.1, -0.05) is 153 Å². The van der Waals surface area contributed by atoms with E-state index in [4.69, 9.17) is 28.9 Å². The molecule has 0 unspecified atom stereocenters. The first-order valence-electron chi connectivity index (χ1n) is 27.2. The van der Waals surface area contributed by atoms with Crippen LogP contribution in [0.1, 0.15) is 33.4 Å². The van der Waals surface area contributed by atoms with Gasteiger partial charge in [-0.3, -0.25) is 9.98 Å². The lowest BCUT2D eigenvalue weighted by Gasteiger charge is -2.26. The van der Waals surface area contributed by atoms with Crippen LogP contribution in [0.4, 0.5) is 11.4 Å². The first kappa shape index (κ1) is 52.1. The van der Waals surface area contributed by atoms with E-state index in [1.165, 1.54) is 33.4 Å². The van der Waals surface area contributed by atoms with Gasteiger partial charge < -0.3 is 18.9 Å². The van der Waals surface area contributed by atoms with Crippen molar-refractivity contribution in [3.8, 4) is 115 Å². The van der Waals surface area contributed by atoms with E-state index in [1.54, 1.807) is 0 Å². The summed E-state index contributed by atoms with van der Waals surface area (Å²) in [6, 6.07) is 68.2. The quantitative estimate of drug-likeness (QED) is 0.123. The smallest absolute Gasteiger partial charge is 0.150 e. The van der Waals surface area contributed by atoms with Crippen molar-refractivity contribution in [2.75, 3.05) is 26.4 Å². The summed E-state index contributed by atoms with van der Waals surface area (Å²) in [5.74, 6) is 26.3. The fourth-order valence-electron chi connectivity index (χ4n) is 11.6. The third kappa shape index (κ3) is 11.0. The molecule has 8 heteroatoms. The van der Waals surface area contributed by atoms with E-state index in [0.29, 0.717) is 0 Å². The highest BCUT2D eigenvalue weighted by Gasteiger charge is 2.43. The van der Waals surface area contributed by atoms with Crippen LogP contribution in [0, 0.1) is 47.4 Å². The third-order valence-electron chi connectivity index (χ3n) is 15.7. The van der Waals surface area contributed by atoms with Crippen LogP contribution < -0.4 is 18.9 Å². The molecule has 12 bridgehead atoms. The Kier molecular flexibility index (Phi) is 14.7. The molecule has 0 fully saturated rings. The average Bonchev–Trinajstić information content (AvgIpc) is 4.17. The SMILES string of the molecule is Brc1ccc(C2(C=Nc3c4cccc3-c3ccc(cc3)OCC#CC#CCOc3ccc-4cc3)Cc3cc4c(cc3C2)CC(C=Nc2c3cccc2-c2ccc(cc2)OCC#CC#CCOc2ccc-3cc2)(c2ccc(Br)cc2)C4)cc1. The Bertz CT molecular complexity index is 3750. The van der Waals surface area contributed by atoms with Gasteiger partial charge in [0.05, 0.1) is 11.4 Å². The van der Waals surface area contributed by atoms with Crippen LogP contribution >= 0.6 is 31.9 Å². The molecule has 9 aromatic carbocycles. The minimum Gasteiger partial charge on any atom is -0.481 e. The van der Waals surface area contributed by atoms with E-state index in [0.717, 1.165) is 114 Å². The normalized spacial score (nSPS) is 15.0. The summed E-state index contributed by atoms with van der Waals surface area (Å²) in [5.41, 5.74) is 16.9. The number of nitrogens with zero attached hydrogens (tertiary/aromatic N) is 2.